The average Bonchev–Trinajstić information content (AvgIpc) is 0.761. The van der Waals surface area contributed by atoms with Crippen molar-refractivity contribution in [2.24, 2.45) is 35.3 Å². The number of fused-ring (bicyclic) bond motifs is 15. The first-order valence-electron chi connectivity index (χ1n) is 41.2. The van der Waals surface area contributed by atoms with Gasteiger partial charge < -0.3 is 123 Å². The molecule has 5 aromatic rings. The number of nitrogens with two attached hydrogens (primary N) is 1. The van der Waals surface area contributed by atoms with E-state index in [1.807, 2.05) is 20.8 Å². The highest BCUT2D eigenvalue weighted by Gasteiger charge is 2.53. The number of phenolic OH excluding ortho intramolecular Hbond substituents is 3. The van der Waals surface area contributed by atoms with E-state index in [-0.39, 0.29) is 93.0 Å². The molecule has 7 aliphatic heterocycles. The first kappa shape index (κ1) is 89.2. The van der Waals surface area contributed by atoms with Crippen LogP contribution in [0.15, 0.2) is 78.9 Å². The van der Waals surface area contributed by atoms with E-state index in [2.05, 4.69) is 47.9 Å². The normalized spacial score (nSPS) is 31.0. The number of ether oxygens (including phenoxy) is 6. The van der Waals surface area contributed by atoms with Crippen LogP contribution in [0.5, 0.6) is 46.0 Å². The highest BCUT2D eigenvalue weighted by Crippen LogP contribution is 2.55. The molecule has 0 radical (unpaired) electrons. The number of carbonyl (C=O) groups is 9. The van der Waals surface area contributed by atoms with Gasteiger partial charge in [0.25, 0.3) is 0 Å². The SMILES string of the molecule is CCCCCCCCC(=O)NC(=O)CC1NC(=O)C(NC(=O)C(CC(C)C)NC)C(O)c2ccc(c(Cl)c2)Oc2cc3cc(c2OC2OC(CO)C(O)C(O)C2OC2CC(C)(N)C(O)C(C)O2)Oc2ccc(cc2Cl)C(O)C2NC(=O)C(NC(=O)C3NC1=O)c1ccc(O)c(c1)-c1c(O)cc(O)cc1[C@@H](C(=O)NC1C3CC4CC(C3)CC1C4)NC2=O. The Hall–Kier alpha value is -9.53. The summed E-state index contributed by atoms with van der Waals surface area (Å²) in [4.78, 5) is 138. The van der Waals surface area contributed by atoms with Gasteiger partial charge >= 0.3 is 0 Å². The van der Waals surface area contributed by atoms with Gasteiger partial charge in [-0.1, -0.05) is 94.3 Å². The third-order valence-corrected chi connectivity index (χ3v) is 24.9. The van der Waals surface area contributed by atoms with Crippen LogP contribution in [-0.4, -0.2) is 198 Å². The van der Waals surface area contributed by atoms with Crippen molar-refractivity contribution in [2.75, 3.05) is 13.7 Å². The second-order valence-electron chi connectivity index (χ2n) is 33.9. The number of likely N-dealkylation sites (N-methyl/N-ethyl adjacent to an activating group) is 1. The largest absolute Gasteiger partial charge is 0.508 e. The number of halogens is 2. The molecule has 5 aromatic carbocycles. The first-order valence-corrected chi connectivity index (χ1v) is 41.9. The molecule has 15 bridgehead atoms. The van der Waals surface area contributed by atoms with E-state index < -0.39 is 221 Å². The molecule has 20 N–H and O–H groups in total. The molecule has 17 unspecified atom stereocenters. The van der Waals surface area contributed by atoms with Crippen molar-refractivity contribution in [1.29, 1.82) is 0 Å². The lowest BCUT2D eigenvalue weighted by atomic mass is 9.54. The van der Waals surface area contributed by atoms with Gasteiger partial charge in [-0.3, -0.25) is 48.5 Å². The Morgan fingerprint density at radius 1 is 0.653 bits per heavy atom. The number of carbonyl (C=O) groups excluding carboxylic acids is 9. The number of aliphatic hydroxyl groups excluding tert-OH is 6. The Kier molecular flexibility index (Phi) is 27.8. The van der Waals surface area contributed by atoms with Crippen LogP contribution < -0.4 is 67.8 Å². The van der Waals surface area contributed by atoms with Crippen molar-refractivity contribution in [1.82, 2.24) is 47.9 Å². The van der Waals surface area contributed by atoms with Crippen molar-refractivity contribution in [3.05, 3.63) is 117 Å². The molecule has 121 heavy (non-hydrogen) atoms. The molecule has 0 aromatic heterocycles. The smallest absolute Gasteiger partial charge is 0.248 e. The Bertz CT molecular complexity index is 4720. The summed E-state index contributed by atoms with van der Waals surface area (Å²) in [6, 6.07) is 0.237. The van der Waals surface area contributed by atoms with Gasteiger partial charge in [-0.2, -0.15) is 0 Å². The zero-order valence-corrected chi connectivity index (χ0v) is 69.1. The Morgan fingerprint density at radius 3 is 1.88 bits per heavy atom. The monoisotopic (exact) mass is 1720 g/mol. The third kappa shape index (κ3) is 19.8. The summed E-state index contributed by atoms with van der Waals surface area (Å²) in [6.07, 6.45) is -9.81. The number of nitrogens with one attached hydrogen (secondary N) is 9. The average molecular weight is 1720 g/mol. The molecule has 9 amide bonds. The maximum absolute atomic E-state index is 16.6. The van der Waals surface area contributed by atoms with Gasteiger partial charge in [0, 0.05) is 41.6 Å². The lowest BCUT2D eigenvalue weighted by Crippen LogP contribution is -2.64. The van der Waals surface area contributed by atoms with Crippen LogP contribution in [0.4, 0.5) is 0 Å². The van der Waals surface area contributed by atoms with Crippen molar-refractivity contribution in [2.45, 2.75) is 246 Å². The summed E-state index contributed by atoms with van der Waals surface area (Å²) in [5.74, 6) is -14.0. The summed E-state index contributed by atoms with van der Waals surface area (Å²) in [5.41, 5.74) is 3.03. The fourth-order valence-electron chi connectivity index (χ4n) is 18.2. The maximum Gasteiger partial charge on any atom is 0.248 e. The molecule has 11 aliphatic rings. The van der Waals surface area contributed by atoms with Crippen LogP contribution in [0.1, 0.15) is 189 Å². The fourth-order valence-corrected chi connectivity index (χ4v) is 18.7. The van der Waals surface area contributed by atoms with Crippen LogP contribution in [0.3, 0.4) is 0 Å². The number of benzene rings is 5. The molecule has 7 heterocycles. The molecule has 36 heteroatoms. The standard InChI is InChI=1S/C85H106Cl2N10O24/c1-7-8-9-10-11-12-13-60(102)91-61(103)33-52-78(110)93-66-45-29-57(117-55-18-15-41(27-49(55)86)70(104)68(82(114)90-52)96-77(109)51(89-6)20-36(2)3)74(121-84-75(73(107)72(106)59(35-98)119-84)120-62-34-85(5,88)76(108)37(4)116-62)58(30-45)118-56-19-16-42(28-50(56)87)71(105)69-83(115)95-67(81(113)92-64-43-22-38-21-39(24-43)25-44(64)23-38)48-31-46(99)32-54(101)63(48)47-26-40(14-17-53(47)100)65(79(111)97-69)94-80(66)112/h14-19,26-32,36-39,43-44,51-52,59,62,64-73,75-76,84,89,98-101,104-108H,7-13,20-25,33-35,88H2,1-6H3,(H,90,114)(H,92,113)(H,93,110)(H,94,112)(H,95,115)(H,96,109)(H,97,111)(H,91,102,103)/t37?,38?,39?,43?,44?,51?,52?,59?,62?,64?,65?,66?,67-,68?,69?,70?,71?,72?,73?,75?,76?,84?,85?/m0/s1. The molecule has 18 atom stereocenters. The molecule has 4 saturated carbocycles. The van der Waals surface area contributed by atoms with E-state index in [1.54, 1.807) is 0 Å². The van der Waals surface area contributed by atoms with Crippen LogP contribution in [0.25, 0.3) is 11.1 Å². The highest BCUT2D eigenvalue weighted by atomic mass is 35.5. The van der Waals surface area contributed by atoms with E-state index >= 15 is 28.8 Å². The van der Waals surface area contributed by atoms with Gasteiger partial charge in [-0.25, -0.2) is 0 Å². The van der Waals surface area contributed by atoms with Crippen LogP contribution in [0.2, 0.25) is 10.0 Å². The number of hydrogen-bond acceptors (Lipinski definition) is 26. The molecule has 2 saturated heterocycles. The number of amides is 9. The van der Waals surface area contributed by atoms with E-state index in [1.165, 1.54) is 45.2 Å². The summed E-state index contributed by atoms with van der Waals surface area (Å²) in [6.45, 7) is 7.76. The highest BCUT2D eigenvalue weighted by molar-refractivity contribution is 6.32. The van der Waals surface area contributed by atoms with Crippen LogP contribution in [0, 0.1) is 29.6 Å². The summed E-state index contributed by atoms with van der Waals surface area (Å²) in [7, 11) is 1.49. The number of hydrogen-bond donors (Lipinski definition) is 19. The molecule has 6 fully saturated rings. The van der Waals surface area contributed by atoms with E-state index in [9.17, 15) is 60.3 Å². The van der Waals surface area contributed by atoms with Crippen molar-refractivity contribution in [3.8, 4) is 57.1 Å². The number of aliphatic hydroxyl groups is 6. The van der Waals surface area contributed by atoms with E-state index in [0.717, 1.165) is 112 Å². The Labute approximate surface area is 707 Å². The lowest BCUT2D eigenvalue weighted by molar-refractivity contribution is -0.333. The molecule has 4 aliphatic carbocycles. The molecule has 16 rings (SSSR count). The maximum atomic E-state index is 16.6. The number of phenols is 3. The van der Waals surface area contributed by atoms with Gasteiger partial charge in [0.05, 0.1) is 41.3 Å². The van der Waals surface area contributed by atoms with Gasteiger partial charge in [0.1, 0.15) is 95.5 Å². The minimum Gasteiger partial charge on any atom is -0.508 e. The van der Waals surface area contributed by atoms with Crippen molar-refractivity contribution < 1.29 is 118 Å². The summed E-state index contributed by atoms with van der Waals surface area (Å²) < 4.78 is 39.0. The molecule has 0 spiro atoms. The van der Waals surface area contributed by atoms with Crippen molar-refractivity contribution >= 4 is 76.4 Å². The number of unbranched alkanes of at least 4 members (excludes halogenated alkanes) is 5. The molecule has 34 nitrogen and oxygen atoms in total. The minimum absolute atomic E-state index is 0.0631. The fraction of sp³-hybridized carbons (Fsp3) is 0.541. The number of aromatic hydroxyl groups is 3. The Morgan fingerprint density at radius 2 is 1.26 bits per heavy atom. The van der Waals surface area contributed by atoms with Crippen LogP contribution in [-0.2, 0) is 57.4 Å². The van der Waals surface area contributed by atoms with Gasteiger partial charge in [-0.05, 0) is 178 Å². The quantitative estimate of drug-likeness (QED) is 0.0436. The zero-order valence-electron chi connectivity index (χ0n) is 67.6. The number of imide groups is 1. The van der Waals surface area contributed by atoms with E-state index in [4.69, 9.17) is 57.4 Å². The van der Waals surface area contributed by atoms with Crippen LogP contribution >= 0.6 is 23.2 Å². The number of rotatable bonds is 21. The summed E-state index contributed by atoms with van der Waals surface area (Å²) >= 11 is 14.5. The van der Waals surface area contributed by atoms with Gasteiger partial charge in [0.15, 0.2) is 23.9 Å². The predicted octanol–water partition coefficient (Wildman–Crippen LogP) is 4.87. The van der Waals surface area contributed by atoms with Crippen molar-refractivity contribution in [3.63, 3.8) is 0 Å². The second-order valence-corrected chi connectivity index (χ2v) is 34.7. The summed E-state index contributed by atoms with van der Waals surface area (Å²) in [5, 5.41) is 130. The third-order valence-electron chi connectivity index (χ3n) is 24.3. The molecular formula is C85H106Cl2N10O24. The predicted molar refractivity (Wildman–Crippen MR) is 433 cm³/mol. The van der Waals surface area contributed by atoms with E-state index in [0.29, 0.717) is 24.7 Å². The Balaban J connectivity index is 1.01. The second kappa shape index (κ2) is 37.7. The molecule has 654 valence electrons. The topological polar surface area (TPSA) is 525 Å². The lowest BCUT2D eigenvalue weighted by Gasteiger charge is -2.54. The minimum atomic E-state index is -2.38. The molecular weight excluding hydrogens is 1620 g/mol. The first-order chi connectivity index (χ1) is 57.6. The van der Waals surface area contributed by atoms with Gasteiger partial charge in [-0.15, -0.1) is 0 Å². The van der Waals surface area contributed by atoms with Gasteiger partial charge in [0.2, 0.25) is 65.2 Å². The zero-order chi connectivity index (χ0) is 86.9.